The lowest BCUT2D eigenvalue weighted by Gasteiger charge is -1.87. The van der Waals surface area contributed by atoms with E-state index in [0.717, 1.165) is 12.8 Å². The molecule has 0 unspecified atom stereocenters. The standard InChI is InChI=1S/C4H10O2.C3H8O2/c5-3-1-2-4-6;1-4-3-5-2/h5-6H,1-4H2;3H2,1-2H3. The molecule has 4 nitrogen and oxygen atoms in total. The molecule has 0 aliphatic rings. The zero-order valence-electron chi connectivity index (χ0n) is 7.25. The third-order valence-electron chi connectivity index (χ3n) is 0.802. The molecule has 0 spiro atoms. The molecular weight excluding hydrogens is 148 g/mol. The highest BCUT2D eigenvalue weighted by Crippen LogP contribution is 1.80. The largest absolute Gasteiger partial charge is 0.396 e. The molecule has 0 radical (unpaired) electrons. The summed E-state index contributed by atoms with van der Waals surface area (Å²) in [6, 6.07) is 0. The van der Waals surface area contributed by atoms with E-state index >= 15 is 0 Å². The van der Waals surface area contributed by atoms with Crippen molar-refractivity contribution in [2.75, 3.05) is 34.2 Å². The molecular formula is C7H18O4. The van der Waals surface area contributed by atoms with E-state index in [-0.39, 0.29) is 13.2 Å². The first-order valence-corrected chi connectivity index (χ1v) is 3.53. The predicted molar refractivity (Wildman–Crippen MR) is 42.3 cm³/mol. The van der Waals surface area contributed by atoms with E-state index in [1.54, 1.807) is 14.2 Å². The molecule has 0 saturated carbocycles. The van der Waals surface area contributed by atoms with Gasteiger partial charge in [0.15, 0.2) is 0 Å². The molecule has 0 amide bonds. The number of unbranched alkanes of at least 4 members (excludes halogenated alkanes) is 1. The van der Waals surface area contributed by atoms with E-state index in [4.69, 9.17) is 10.2 Å². The van der Waals surface area contributed by atoms with Gasteiger partial charge in [-0.15, -0.1) is 0 Å². The Labute approximate surface area is 67.8 Å². The van der Waals surface area contributed by atoms with Crippen LogP contribution in [0, 0.1) is 0 Å². The Hall–Kier alpha value is -0.160. The van der Waals surface area contributed by atoms with Gasteiger partial charge in [0.1, 0.15) is 6.79 Å². The third kappa shape index (κ3) is 25.8. The van der Waals surface area contributed by atoms with Gasteiger partial charge < -0.3 is 19.7 Å². The van der Waals surface area contributed by atoms with Crippen molar-refractivity contribution in [3.8, 4) is 0 Å². The molecule has 0 saturated heterocycles. The number of aliphatic hydroxyl groups excluding tert-OH is 2. The Morgan fingerprint density at radius 2 is 1.27 bits per heavy atom. The first-order chi connectivity index (χ1) is 5.33. The van der Waals surface area contributed by atoms with Crippen LogP contribution in [0.2, 0.25) is 0 Å². The van der Waals surface area contributed by atoms with Crippen LogP contribution in [-0.2, 0) is 9.47 Å². The summed E-state index contributed by atoms with van der Waals surface area (Å²) < 4.78 is 8.94. The smallest absolute Gasteiger partial charge is 0.145 e. The van der Waals surface area contributed by atoms with Gasteiger partial charge in [-0.2, -0.15) is 0 Å². The van der Waals surface area contributed by atoms with E-state index in [2.05, 4.69) is 9.47 Å². The summed E-state index contributed by atoms with van der Waals surface area (Å²) in [4.78, 5) is 0. The van der Waals surface area contributed by atoms with Crippen molar-refractivity contribution in [1.29, 1.82) is 0 Å². The minimum Gasteiger partial charge on any atom is -0.396 e. The third-order valence-corrected chi connectivity index (χ3v) is 0.802. The highest BCUT2D eigenvalue weighted by molar-refractivity contribution is 4.30. The Morgan fingerprint density at radius 1 is 0.909 bits per heavy atom. The van der Waals surface area contributed by atoms with Crippen molar-refractivity contribution in [3.05, 3.63) is 0 Å². The Kier molecular flexibility index (Phi) is 20.1. The quantitative estimate of drug-likeness (QED) is 0.445. The van der Waals surface area contributed by atoms with Gasteiger partial charge in [-0.3, -0.25) is 0 Å². The van der Waals surface area contributed by atoms with Gasteiger partial charge in [-0.05, 0) is 12.8 Å². The van der Waals surface area contributed by atoms with E-state index in [1.807, 2.05) is 0 Å². The molecule has 2 N–H and O–H groups in total. The molecule has 0 aromatic heterocycles. The number of methoxy groups -OCH3 is 2. The molecule has 11 heavy (non-hydrogen) atoms. The molecule has 0 aromatic rings. The minimum absolute atomic E-state index is 0.195. The van der Waals surface area contributed by atoms with Crippen molar-refractivity contribution in [1.82, 2.24) is 0 Å². The van der Waals surface area contributed by atoms with Gasteiger partial charge in [0.05, 0.1) is 0 Å². The van der Waals surface area contributed by atoms with Crippen LogP contribution < -0.4 is 0 Å². The van der Waals surface area contributed by atoms with E-state index in [0.29, 0.717) is 6.79 Å². The van der Waals surface area contributed by atoms with Crippen LogP contribution >= 0.6 is 0 Å². The molecule has 0 aliphatic carbocycles. The van der Waals surface area contributed by atoms with Crippen LogP contribution in [0.15, 0.2) is 0 Å². The fourth-order valence-electron chi connectivity index (χ4n) is 0.341. The normalized spacial score (nSPS) is 8.73. The molecule has 0 aliphatic heterocycles. The predicted octanol–water partition coefficient (Wildman–Crippen LogP) is -0.0121. The summed E-state index contributed by atoms with van der Waals surface area (Å²) in [5, 5.41) is 16.2. The fourth-order valence-corrected chi connectivity index (χ4v) is 0.341. The summed E-state index contributed by atoms with van der Waals surface area (Å²) >= 11 is 0. The lowest BCUT2D eigenvalue weighted by atomic mass is 10.3. The van der Waals surface area contributed by atoms with Crippen molar-refractivity contribution in [3.63, 3.8) is 0 Å². The summed E-state index contributed by atoms with van der Waals surface area (Å²) in [5.74, 6) is 0. The van der Waals surface area contributed by atoms with Gasteiger partial charge in [0.25, 0.3) is 0 Å². The van der Waals surface area contributed by atoms with Gasteiger partial charge >= 0.3 is 0 Å². The zero-order chi connectivity index (χ0) is 8.95. The topological polar surface area (TPSA) is 58.9 Å². The van der Waals surface area contributed by atoms with Gasteiger partial charge in [-0.1, -0.05) is 0 Å². The van der Waals surface area contributed by atoms with E-state index in [9.17, 15) is 0 Å². The first kappa shape index (κ1) is 13.4. The maximum atomic E-state index is 8.09. The number of rotatable bonds is 5. The summed E-state index contributed by atoms with van der Waals surface area (Å²) in [7, 11) is 3.17. The number of aliphatic hydroxyl groups is 2. The first-order valence-electron chi connectivity index (χ1n) is 3.53. The number of ether oxygens (including phenoxy) is 2. The monoisotopic (exact) mass is 166 g/mol. The van der Waals surface area contributed by atoms with Crippen molar-refractivity contribution < 1.29 is 19.7 Å². The van der Waals surface area contributed by atoms with Crippen LogP contribution in [0.25, 0.3) is 0 Å². The van der Waals surface area contributed by atoms with E-state index < -0.39 is 0 Å². The maximum Gasteiger partial charge on any atom is 0.145 e. The lowest BCUT2D eigenvalue weighted by Crippen LogP contribution is -1.87. The lowest BCUT2D eigenvalue weighted by molar-refractivity contribution is -0.00271. The second-order valence-corrected chi connectivity index (χ2v) is 1.85. The van der Waals surface area contributed by atoms with Crippen LogP contribution in [0.5, 0.6) is 0 Å². The van der Waals surface area contributed by atoms with E-state index in [1.165, 1.54) is 0 Å². The Morgan fingerprint density at radius 3 is 1.36 bits per heavy atom. The second-order valence-electron chi connectivity index (χ2n) is 1.85. The minimum atomic E-state index is 0.195. The zero-order valence-corrected chi connectivity index (χ0v) is 7.25. The highest BCUT2D eigenvalue weighted by atomic mass is 16.6. The Balaban J connectivity index is 0. The number of hydrogen-bond acceptors (Lipinski definition) is 4. The fraction of sp³-hybridized carbons (Fsp3) is 1.00. The van der Waals surface area contributed by atoms with Gasteiger partial charge in [0.2, 0.25) is 0 Å². The molecule has 0 heterocycles. The average Bonchev–Trinajstić information content (AvgIpc) is 2.04. The molecule has 0 bridgehead atoms. The van der Waals surface area contributed by atoms with Crippen LogP contribution in [0.4, 0.5) is 0 Å². The second kappa shape index (κ2) is 16.4. The van der Waals surface area contributed by atoms with Crippen LogP contribution in [0.1, 0.15) is 12.8 Å². The molecule has 0 atom stereocenters. The SMILES string of the molecule is COCOC.OCCCCO. The van der Waals surface area contributed by atoms with Crippen LogP contribution in [-0.4, -0.2) is 44.4 Å². The van der Waals surface area contributed by atoms with Crippen LogP contribution in [0.3, 0.4) is 0 Å². The van der Waals surface area contributed by atoms with Crippen molar-refractivity contribution in [2.24, 2.45) is 0 Å². The number of hydrogen-bond donors (Lipinski definition) is 2. The van der Waals surface area contributed by atoms with Crippen molar-refractivity contribution in [2.45, 2.75) is 12.8 Å². The summed E-state index contributed by atoms with van der Waals surface area (Å²) in [6.07, 6.45) is 1.44. The molecule has 70 valence electrons. The average molecular weight is 166 g/mol. The molecule has 4 heteroatoms. The summed E-state index contributed by atoms with van der Waals surface area (Å²) in [5.41, 5.74) is 0. The Bertz CT molecular complexity index is 43.7. The van der Waals surface area contributed by atoms with Gasteiger partial charge in [-0.25, -0.2) is 0 Å². The molecule has 0 rings (SSSR count). The maximum absolute atomic E-state index is 8.09. The molecule has 0 fully saturated rings. The molecule has 0 aromatic carbocycles. The van der Waals surface area contributed by atoms with Crippen molar-refractivity contribution >= 4 is 0 Å². The summed E-state index contributed by atoms with van der Waals surface area (Å²) in [6.45, 7) is 0.779. The van der Waals surface area contributed by atoms with Gasteiger partial charge in [0, 0.05) is 27.4 Å². The highest BCUT2D eigenvalue weighted by Gasteiger charge is 1.77.